The Balaban J connectivity index is 1.49. The van der Waals surface area contributed by atoms with Crippen molar-refractivity contribution in [1.29, 1.82) is 0 Å². The number of carbonyl (C=O) groups is 1. The summed E-state index contributed by atoms with van der Waals surface area (Å²) < 4.78 is 22.2. The molecule has 2 heterocycles. The molecular formula is C24H28N2O5. The molecule has 1 aliphatic heterocycles. The Hall–Kier alpha value is -3.22. The zero-order valence-electron chi connectivity index (χ0n) is 18.4. The Morgan fingerprint density at radius 3 is 2.61 bits per heavy atom. The maximum atomic E-state index is 12.5. The lowest BCUT2D eigenvalue weighted by Gasteiger charge is -2.28. The average Bonchev–Trinajstić information content (AvgIpc) is 3.37. The highest BCUT2D eigenvalue weighted by Crippen LogP contribution is 2.31. The third-order valence-electron chi connectivity index (χ3n) is 5.28. The van der Waals surface area contributed by atoms with Crippen LogP contribution in [0.15, 0.2) is 47.0 Å². The molecule has 1 atom stereocenters. The van der Waals surface area contributed by atoms with Gasteiger partial charge in [-0.25, -0.2) is 4.79 Å². The number of aromatic nitrogens is 1. The zero-order chi connectivity index (χ0) is 22.0. The molecule has 1 amide bonds. The van der Waals surface area contributed by atoms with Gasteiger partial charge in [0.15, 0.2) is 5.58 Å². The topological polar surface area (TPSA) is 74.0 Å². The quantitative estimate of drug-likeness (QED) is 0.555. The van der Waals surface area contributed by atoms with E-state index in [9.17, 15) is 4.79 Å². The first-order valence-corrected chi connectivity index (χ1v) is 10.5. The second-order valence-electron chi connectivity index (χ2n) is 8.71. The molecule has 0 spiro atoms. The van der Waals surface area contributed by atoms with Crippen molar-refractivity contribution in [3.63, 3.8) is 0 Å². The first-order chi connectivity index (χ1) is 14.8. The van der Waals surface area contributed by atoms with Crippen LogP contribution in [0, 0.1) is 0 Å². The minimum Gasteiger partial charge on any atom is -0.497 e. The summed E-state index contributed by atoms with van der Waals surface area (Å²) in [6.45, 7) is 6.62. The first-order valence-electron chi connectivity index (χ1n) is 10.5. The number of fused-ring (bicyclic) bond motifs is 1. The van der Waals surface area contributed by atoms with Crippen LogP contribution in [-0.4, -0.2) is 48.1 Å². The summed E-state index contributed by atoms with van der Waals surface area (Å²) in [6, 6.07) is 13.7. The van der Waals surface area contributed by atoms with Gasteiger partial charge in [0.25, 0.3) is 5.88 Å². The van der Waals surface area contributed by atoms with Crippen molar-refractivity contribution in [3.05, 3.63) is 42.5 Å². The maximum absolute atomic E-state index is 12.5. The first kappa shape index (κ1) is 21.0. The van der Waals surface area contributed by atoms with Crippen molar-refractivity contribution in [2.24, 2.45) is 0 Å². The molecule has 1 aromatic heterocycles. The molecule has 0 aliphatic carbocycles. The van der Waals surface area contributed by atoms with E-state index in [1.54, 1.807) is 12.0 Å². The average molecular weight is 424 g/mol. The summed E-state index contributed by atoms with van der Waals surface area (Å²) >= 11 is 0. The molecule has 0 bridgehead atoms. The molecule has 1 fully saturated rings. The predicted molar refractivity (Wildman–Crippen MR) is 117 cm³/mol. The van der Waals surface area contributed by atoms with Gasteiger partial charge in [0.05, 0.1) is 18.5 Å². The smallest absolute Gasteiger partial charge is 0.410 e. The Morgan fingerprint density at radius 2 is 1.90 bits per heavy atom. The van der Waals surface area contributed by atoms with E-state index in [2.05, 4.69) is 5.16 Å². The van der Waals surface area contributed by atoms with E-state index in [1.165, 1.54) is 0 Å². The SMILES string of the molecule is COc1ccc(-c2ccc3onc(OCC4CCCN4C(=O)OC(C)(C)C)c3c2)cc1. The molecule has 31 heavy (non-hydrogen) atoms. The predicted octanol–water partition coefficient (Wildman–Crippen LogP) is 5.28. The van der Waals surface area contributed by atoms with E-state index in [1.807, 2.05) is 63.2 Å². The van der Waals surface area contributed by atoms with Gasteiger partial charge >= 0.3 is 6.09 Å². The molecule has 0 saturated carbocycles. The van der Waals surface area contributed by atoms with Crippen molar-refractivity contribution in [3.8, 4) is 22.8 Å². The van der Waals surface area contributed by atoms with Gasteiger partial charge in [-0.2, -0.15) is 0 Å². The van der Waals surface area contributed by atoms with E-state index in [0.717, 1.165) is 35.1 Å². The number of rotatable bonds is 5. The van der Waals surface area contributed by atoms with E-state index in [-0.39, 0.29) is 12.1 Å². The molecular weight excluding hydrogens is 396 g/mol. The van der Waals surface area contributed by atoms with Crippen LogP contribution in [0.4, 0.5) is 4.79 Å². The summed E-state index contributed by atoms with van der Waals surface area (Å²) in [5, 5.41) is 4.90. The van der Waals surface area contributed by atoms with Gasteiger partial charge < -0.3 is 23.6 Å². The van der Waals surface area contributed by atoms with E-state index >= 15 is 0 Å². The molecule has 1 unspecified atom stereocenters. The molecule has 0 radical (unpaired) electrons. The Kier molecular flexibility index (Phi) is 5.76. The Labute approximate surface area is 181 Å². The van der Waals surface area contributed by atoms with Crippen LogP contribution in [-0.2, 0) is 4.74 Å². The lowest BCUT2D eigenvalue weighted by Crippen LogP contribution is -2.42. The van der Waals surface area contributed by atoms with Crippen molar-refractivity contribution in [1.82, 2.24) is 10.1 Å². The Morgan fingerprint density at radius 1 is 1.16 bits per heavy atom. The van der Waals surface area contributed by atoms with Crippen LogP contribution in [0.25, 0.3) is 22.1 Å². The highest BCUT2D eigenvalue weighted by Gasteiger charge is 2.33. The number of methoxy groups -OCH3 is 1. The van der Waals surface area contributed by atoms with Crippen molar-refractivity contribution >= 4 is 17.1 Å². The third kappa shape index (κ3) is 4.76. The highest BCUT2D eigenvalue weighted by molar-refractivity contribution is 5.87. The minimum atomic E-state index is -0.523. The molecule has 1 saturated heterocycles. The van der Waals surface area contributed by atoms with Crippen LogP contribution in [0.3, 0.4) is 0 Å². The van der Waals surface area contributed by atoms with Crippen molar-refractivity contribution in [2.75, 3.05) is 20.3 Å². The molecule has 1 aliphatic rings. The number of likely N-dealkylation sites (tertiary alicyclic amines) is 1. The summed E-state index contributed by atoms with van der Waals surface area (Å²) in [7, 11) is 1.65. The van der Waals surface area contributed by atoms with Crippen LogP contribution < -0.4 is 9.47 Å². The van der Waals surface area contributed by atoms with Crippen LogP contribution in [0.2, 0.25) is 0 Å². The number of hydrogen-bond donors (Lipinski definition) is 0. The zero-order valence-corrected chi connectivity index (χ0v) is 18.4. The van der Waals surface area contributed by atoms with Gasteiger partial charge in [-0.1, -0.05) is 18.2 Å². The van der Waals surface area contributed by atoms with E-state index in [4.69, 9.17) is 18.7 Å². The van der Waals surface area contributed by atoms with Gasteiger partial charge in [-0.15, -0.1) is 0 Å². The van der Waals surface area contributed by atoms with E-state index < -0.39 is 5.60 Å². The molecule has 164 valence electrons. The maximum Gasteiger partial charge on any atom is 0.410 e. The van der Waals surface area contributed by atoms with Gasteiger partial charge in [0, 0.05) is 6.54 Å². The fourth-order valence-electron chi connectivity index (χ4n) is 3.73. The second kappa shape index (κ2) is 8.49. The number of benzene rings is 2. The molecule has 0 N–H and O–H groups in total. The fraction of sp³-hybridized carbons (Fsp3) is 0.417. The number of hydrogen-bond acceptors (Lipinski definition) is 6. The third-order valence-corrected chi connectivity index (χ3v) is 5.28. The number of carbonyl (C=O) groups excluding carboxylic acids is 1. The van der Waals surface area contributed by atoms with Crippen LogP contribution in [0.5, 0.6) is 11.6 Å². The largest absolute Gasteiger partial charge is 0.497 e. The summed E-state index contributed by atoms with van der Waals surface area (Å²) in [5.74, 6) is 1.24. The monoisotopic (exact) mass is 424 g/mol. The van der Waals surface area contributed by atoms with Gasteiger partial charge in [-0.3, -0.25) is 0 Å². The number of nitrogens with zero attached hydrogens (tertiary/aromatic N) is 2. The standard InChI is InChI=1S/C24H28N2O5/c1-24(2,3)30-23(27)26-13-5-6-18(26)15-29-22-20-14-17(9-12-21(20)31-25-22)16-7-10-19(28-4)11-8-16/h7-12,14,18H,5-6,13,15H2,1-4H3. The van der Waals surface area contributed by atoms with Gasteiger partial charge in [0.2, 0.25) is 0 Å². The summed E-state index contributed by atoms with van der Waals surface area (Å²) in [6.07, 6.45) is 1.49. The minimum absolute atomic E-state index is 0.0497. The van der Waals surface area contributed by atoms with Crippen LogP contribution >= 0.6 is 0 Å². The lowest BCUT2D eigenvalue weighted by molar-refractivity contribution is 0.0185. The van der Waals surface area contributed by atoms with Gasteiger partial charge in [-0.05, 0) is 74.2 Å². The number of amides is 1. The Bertz CT molecular complexity index is 1050. The van der Waals surface area contributed by atoms with Crippen molar-refractivity contribution < 1.29 is 23.5 Å². The summed E-state index contributed by atoms with van der Waals surface area (Å²) in [5.41, 5.74) is 2.22. The van der Waals surface area contributed by atoms with Crippen LogP contribution in [0.1, 0.15) is 33.6 Å². The van der Waals surface area contributed by atoms with Crippen molar-refractivity contribution in [2.45, 2.75) is 45.3 Å². The number of ether oxygens (including phenoxy) is 3. The van der Waals surface area contributed by atoms with E-state index in [0.29, 0.717) is 24.6 Å². The lowest BCUT2D eigenvalue weighted by atomic mass is 10.0. The molecule has 2 aromatic carbocycles. The molecule has 3 aromatic rings. The second-order valence-corrected chi connectivity index (χ2v) is 8.71. The fourth-order valence-corrected chi connectivity index (χ4v) is 3.73. The molecule has 4 rings (SSSR count). The highest BCUT2D eigenvalue weighted by atomic mass is 16.6. The summed E-state index contributed by atoms with van der Waals surface area (Å²) in [4.78, 5) is 14.2. The van der Waals surface area contributed by atoms with Gasteiger partial charge in [0.1, 0.15) is 18.0 Å². The normalized spacial score (nSPS) is 16.5. The molecule has 7 heteroatoms. The molecule has 7 nitrogen and oxygen atoms in total.